The molecule has 3 aromatic rings. The summed E-state index contributed by atoms with van der Waals surface area (Å²) in [5.74, 6) is 1.18. The van der Waals surface area contributed by atoms with Crippen LogP contribution < -0.4 is 16.0 Å². The second-order valence-electron chi connectivity index (χ2n) is 5.76. The summed E-state index contributed by atoms with van der Waals surface area (Å²) in [6.07, 6.45) is 1.48. The third-order valence-corrected chi connectivity index (χ3v) is 3.81. The number of aromatic nitrogens is 2. The maximum Gasteiger partial charge on any atom is 0.221 e. The third kappa shape index (κ3) is 4.70. The van der Waals surface area contributed by atoms with Gasteiger partial charge in [-0.3, -0.25) is 4.79 Å². The van der Waals surface area contributed by atoms with Gasteiger partial charge >= 0.3 is 0 Å². The predicted molar refractivity (Wildman–Crippen MR) is 106 cm³/mol. The van der Waals surface area contributed by atoms with Gasteiger partial charge in [0.25, 0.3) is 0 Å². The molecule has 3 N–H and O–H groups in total. The normalized spacial score (nSPS) is 10.3. The Bertz CT molecular complexity index is 945. The van der Waals surface area contributed by atoms with Crippen LogP contribution in [0, 0.1) is 6.92 Å². The first-order valence-electron chi connectivity index (χ1n) is 7.99. The SMILES string of the molecule is CC(=O)Nc1cccc(Nc2cc(Nc3ccc(Cl)cc3C)ncn2)c1. The summed E-state index contributed by atoms with van der Waals surface area (Å²) in [7, 11) is 0. The molecule has 0 unspecified atom stereocenters. The molecule has 0 aliphatic carbocycles. The van der Waals surface area contributed by atoms with Crippen molar-refractivity contribution in [3.8, 4) is 0 Å². The van der Waals surface area contributed by atoms with Crippen LogP contribution in [0.3, 0.4) is 0 Å². The number of anilines is 5. The van der Waals surface area contributed by atoms with Crippen molar-refractivity contribution in [2.45, 2.75) is 13.8 Å². The number of nitrogens with one attached hydrogen (secondary N) is 3. The molecule has 0 aliphatic rings. The summed E-state index contributed by atoms with van der Waals surface area (Å²) in [6, 6.07) is 14.8. The van der Waals surface area contributed by atoms with Crippen molar-refractivity contribution in [1.29, 1.82) is 0 Å². The van der Waals surface area contributed by atoms with Gasteiger partial charge in [0.05, 0.1) is 0 Å². The Morgan fingerprint density at radius 3 is 2.42 bits per heavy atom. The molecule has 132 valence electrons. The maximum atomic E-state index is 11.2. The highest BCUT2D eigenvalue weighted by Crippen LogP contribution is 2.24. The number of aryl methyl sites for hydroxylation is 1. The highest BCUT2D eigenvalue weighted by molar-refractivity contribution is 6.30. The molecule has 0 radical (unpaired) electrons. The molecule has 0 aliphatic heterocycles. The van der Waals surface area contributed by atoms with E-state index in [1.807, 2.05) is 49.4 Å². The van der Waals surface area contributed by atoms with Gasteiger partial charge in [-0.05, 0) is 48.9 Å². The van der Waals surface area contributed by atoms with Crippen molar-refractivity contribution in [3.05, 3.63) is 65.4 Å². The molecule has 0 saturated carbocycles. The molecule has 3 rings (SSSR count). The Balaban J connectivity index is 1.76. The van der Waals surface area contributed by atoms with Crippen molar-refractivity contribution in [2.75, 3.05) is 16.0 Å². The fourth-order valence-electron chi connectivity index (χ4n) is 2.43. The molecule has 0 bridgehead atoms. The number of rotatable bonds is 5. The zero-order valence-corrected chi connectivity index (χ0v) is 15.1. The Morgan fingerprint density at radius 2 is 1.69 bits per heavy atom. The lowest BCUT2D eigenvalue weighted by Gasteiger charge is -2.11. The largest absolute Gasteiger partial charge is 0.340 e. The van der Waals surface area contributed by atoms with Crippen LogP contribution in [0.5, 0.6) is 0 Å². The van der Waals surface area contributed by atoms with Gasteiger partial charge < -0.3 is 16.0 Å². The number of nitrogens with zero attached hydrogens (tertiary/aromatic N) is 2. The first-order valence-corrected chi connectivity index (χ1v) is 8.37. The Morgan fingerprint density at radius 1 is 0.962 bits per heavy atom. The molecule has 1 aromatic heterocycles. The van der Waals surface area contributed by atoms with E-state index in [4.69, 9.17) is 11.6 Å². The molecule has 0 fully saturated rings. The van der Waals surface area contributed by atoms with Crippen molar-refractivity contribution in [1.82, 2.24) is 9.97 Å². The minimum Gasteiger partial charge on any atom is -0.340 e. The van der Waals surface area contributed by atoms with E-state index in [0.29, 0.717) is 22.3 Å². The first-order chi connectivity index (χ1) is 12.5. The quantitative estimate of drug-likeness (QED) is 0.598. The van der Waals surface area contributed by atoms with E-state index in [1.165, 1.54) is 13.3 Å². The van der Waals surface area contributed by atoms with Crippen molar-refractivity contribution >= 4 is 46.2 Å². The van der Waals surface area contributed by atoms with E-state index in [0.717, 1.165) is 16.9 Å². The molecular formula is C19H18ClN5O. The molecule has 0 spiro atoms. The van der Waals surface area contributed by atoms with E-state index < -0.39 is 0 Å². The van der Waals surface area contributed by atoms with E-state index in [9.17, 15) is 4.79 Å². The van der Waals surface area contributed by atoms with Gasteiger partial charge in [0.1, 0.15) is 18.0 Å². The second-order valence-corrected chi connectivity index (χ2v) is 6.20. The lowest BCUT2D eigenvalue weighted by Crippen LogP contribution is -2.06. The van der Waals surface area contributed by atoms with E-state index in [2.05, 4.69) is 25.9 Å². The van der Waals surface area contributed by atoms with E-state index in [1.54, 1.807) is 6.07 Å². The summed E-state index contributed by atoms with van der Waals surface area (Å²) in [6.45, 7) is 3.45. The Hall–Kier alpha value is -3.12. The number of benzene rings is 2. The average Bonchev–Trinajstić information content (AvgIpc) is 2.57. The Kier molecular flexibility index (Phi) is 5.34. The van der Waals surface area contributed by atoms with Gasteiger partial charge in [-0.2, -0.15) is 0 Å². The highest BCUT2D eigenvalue weighted by Gasteiger charge is 2.04. The van der Waals surface area contributed by atoms with Crippen LogP contribution in [0.2, 0.25) is 5.02 Å². The van der Waals surface area contributed by atoms with E-state index >= 15 is 0 Å². The predicted octanol–water partition coefficient (Wildman–Crippen LogP) is 4.88. The summed E-state index contributed by atoms with van der Waals surface area (Å²) in [5.41, 5.74) is 3.47. The zero-order chi connectivity index (χ0) is 18.5. The van der Waals surface area contributed by atoms with Gasteiger partial charge in [0, 0.05) is 35.1 Å². The van der Waals surface area contributed by atoms with Crippen LogP contribution >= 0.6 is 11.6 Å². The maximum absolute atomic E-state index is 11.2. The number of amides is 1. The molecule has 2 aromatic carbocycles. The number of halogens is 1. The Labute approximate surface area is 156 Å². The third-order valence-electron chi connectivity index (χ3n) is 3.57. The van der Waals surface area contributed by atoms with Crippen LogP contribution in [0.25, 0.3) is 0 Å². The monoisotopic (exact) mass is 367 g/mol. The minimum atomic E-state index is -0.117. The lowest BCUT2D eigenvalue weighted by atomic mass is 10.2. The number of hydrogen-bond acceptors (Lipinski definition) is 5. The van der Waals surface area contributed by atoms with Crippen LogP contribution in [-0.2, 0) is 4.79 Å². The highest BCUT2D eigenvalue weighted by atomic mass is 35.5. The van der Waals surface area contributed by atoms with Crippen LogP contribution in [-0.4, -0.2) is 15.9 Å². The average molecular weight is 368 g/mol. The van der Waals surface area contributed by atoms with E-state index in [-0.39, 0.29) is 5.91 Å². The summed E-state index contributed by atoms with van der Waals surface area (Å²) in [5, 5.41) is 9.90. The second kappa shape index (κ2) is 7.84. The molecule has 7 heteroatoms. The molecule has 6 nitrogen and oxygen atoms in total. The molecule has 0 atom stereocenters. The number of carbonyl (C=O) groups is 1. The summed E-state index contributed by atoms with van der Waals surface area (Å²) >= 11 is 5.99. The fourth-order valence-corrected chi connectivity index (χ4v) is 2.65. The fraction of sp³-hybridized carbons (Fsp3) is 0.105. The zero-order valence-electron chi connectivity index (χ0n) is 14.4. The molecule has 0 saturated heterocycles. The number of carbonyl (C=O) groups excluding carboxylic acids is 1. The van der Waals surface area contributed by atoms with Crippen LogP contribution in [0.1, 0.15) is 12.5 Å². The minimum absolute atomic E-state index is 0.117. The molecule has 26 heavy (non-hydrogen) atoms. The molecular weight excluding hydrogens is 350 g/mol. The van der Waals surface area contributed by atoms with Crippen molar-refractivity contribution < 1.29 is 4.79 Å². The summed E-state index contributed by atoms with van der Waals surface area (Å²) < 4.78 is 0. The molecule has 1 amide bonds. The van der Waals surface area contributed by atoms with Crippen LogP contribution in [0.4, 0.5) is 28.7 Å². The summed E-state index contributed by atoms with van der Waals surface area (Å²) in [4.78, 5) is 19.7. The van der Waals surface area contributed by atoms with Crippen LogP contribution in [0.15, 0.2) is 54.9 Å². The molecule has 1 heterocycles. The smallest absolute Gasteiger partial charge is 0.221 e. The topological polar surface area (TPSA) is 78.9 Å². The van der Waals surface area contributed by atoms with Crippen molar-refractivity contribution in [3.63, 3.8) is 0 Å². The van der Waals surface area contributed by atoms with Gasteiger partial charge in [-0.1, -0.05) is 17.7 Å². The first kappa shape index (κ1) is 17.7. The lowest BCUT2D eigenvalue weighted by molar-refractivity contribution is -0.114. The van der Waals surface area contributed by atoms with Gasteiger partial charge in [-0.25, -0.2) is 9.97 Å². The van der Waals surface area contributed by atoms with Gasteiger partial charge in [0.15, 0.2) is 0 Å². The van der Waals surface area contributed by atoms with Gasteiger partial charge in [0.2, 0.25) is 5.91 Å². The van der Waals surface area contributed by atoms with Gasteiger partial charge in [-0.15, -0.1) is 0 Å². The number of hydrogen-bond donors (Lipinski definition) is 3. The van der Waals surface area contributed by atoms with Crippen molar-refractivity contribution in [2.24, 2.45) is 0 Å². The standard InChI is InChI=1S/C19H18ClN5O/c1-12-8-14(20)6-7-17(12)25-19-10-18(21-11-22-19)24-16-5-3-4-15(9-16)23-13(2)26/h3-11H,1-2H3,(H,23,26)(H2,21,22,24,25).